The lowest BCUT2D eigenvalue weighted by Gasteiger charge is -2.13. The van der Waals surface area contributed by atoms with E-state index >= 15 is 0 Å². The van der Waals surface area contributed by atoms with E-state index in [0.717, 1.165) is 0 Å². The van der Waals surface area contributed by atoms with Crippen LogP contribution in [0.5, 0.6) is 0 Å². The van der Waals surface area contributed by atoms with Crippen LogP contribution < -0.4 is 0 Å². The number of hydrogen-bond donors (Lipinski definition) is 1. The third-order valence-electron chi connectivity index (χ3n) is 0.985. The molecule has 1 saturated carbocycles. The zero-order valence-corrected chi connectivity index (χ0v) is 4.35. The molecule has 0 atom stereocenters. The highest BCUT2D eigenvalue weighted by molar-refractivity contribution is 5.79. The minimum Gasteiger partial charge on any atom is -0.393 e. The summed E-state index contributed by atoms with van der Waals surface area (Å²) in [6.07, 6.45) is -6.75. The minimum absolute atomic E-state index is 0.395. The molecule has 0 aromatic heterocycles. The minimum atomic E-state index is -2.13. The van der Waals surface area contributed by atoms with Gasteiger partial charge in [0.1, 0.15) is 5.78 Å². The molecule has 1 rings (SSSR count). The molecule has 0 unspecified atom stereocenters. The van der Waals surface area contributed by atoms with Crippen LogP contribution >= 0.6 is 0 Å². The molecule has 0 spiro atoms. The maximum Gasteiger partial charge on any atom is 0.133 e. The van der Waals surface area contributed by atoms with Crippen LogP contribution in [0.4, 0.5) is 0 Å². The van der Waals surface area contributed by atoms with E-state index < -0.39 is 37.5 Å². The summed E-state index contributed by atoms with van der Waals surface area (Å²) in [4.78, 5) is 10.8. The maximum absolute atomic E-state index is 10.8. The first-order valence-electron chi connectivity index (χ1n) is 4.45. The Morgan fingerprint density at radius 1 is 1.62 bits per heavy atom. The Labute approximate surface area is 54.1 Å². The van der Waals surface area contributed by atoms with Gasteiger partial charge in [-0.3, -0.25) is 4.79 Å². The number of rotatable bonds is 0. The van der Waals surface area contributed by atoms with Crippen LogP contribution in [-0.2, 0) is 4.79 Å². The largest absolute Gasteiger partial charge is 0.393 e. The zero-order chi connectivity index (χ0) is 9.57. The normalized spacial score (nSPS) is 43.9. The van der Waals surface area contributed by atoms with Crippen molar-refractivity contribution in [2.75, 3.05) is 0 Å². The summed E-state index contributed by atoms with van der Waals surface area (Å²) in [5.41, 5.74) is 0. The summed E-state index contributed by atoms with van der Waals surface area (Å²) in [6, 6.07) is 0. The van der Waals surface area contributed by atoms with E-state index in [9.17, 15) is 9.90 Å². The first-order valence-corrected chi connectivity index (χ1v) is 2.45. The molecule has 0 aliphatic heterocycles. The number of carbonyl (C=O) groups excluding carboxylic acids is 1. The molecular formula is C6H10O2. The fourth-order valence-electron chi connectivity index (χ4n) is 0.556. The molecule has 2 heteroatoms. The van der Waals surface area contributed by atoms with Crippen molar-refractivity contribution in [1.82, 2.24) is 0 Å². The quantitative estimate of drug-likeness (QED) is 0.502. The van der Waals surface area contributed by atoms with Gasteiger partial charge in [-0.2, -0.15) is 0 Å². The molecule has 8 heavy (non-hydrogen) atoms. The van der Waals surface area contributed by atoms with Gasteiger partial charge in [0.05, 0.1) is 6.10 Å². The number of hydrogen-bond acceptors (Lipinski definition) is 2. The van der Waals surface area contributed by atoms with Crippen LogP contribution in [0.25, 0.3) is 0 Å². The van der Waals surface area contributed by atoms with Crippen LogP contribution in [0.3, 0.4) is 0 Å². The van der Waals surface area contributed by atoms with Crippen molar-refractivity contribution in [3.8, 4) is 0 Å². The predicted octanol–water partition coefficient (Wildman–Crippen LogP) is 0.490. The highest BCUT2D eigenvalue weighted by Gasteiger charge is 2.14. The Kier molecular flexibility index (Phi) is 0.702. The molecule has 0 heterocycles. The van der Waals surface area contributed by atoms with Crippen molar-refractivity contribution in [3.05, 3.63) is 0 Å². The molecule has 0 saturated heterocycles. The highest BCUT2D eigenvalue weighted by Crippen LogP contribution is 2.13. The molecule has 1 N–H and O–H groups in total. The van der Waals surface area contributed by atoms with Crippen LogP contribution in [0.15, 0.2) is 0 Å². The summed E-state index contributed by atoms with van der Waals surface area (Å²) in [5.74, 6) is -0.477. The zero-order valence-electron chi connectivity index (χ0n) is 8.35. The van der Waals surface area contributed by atoms with Crippen LogP contribution in [0.2, 0.25) is 0 Å². The Hall–Kier alpha value is -0.370. The summed E-state index contributed by atoms with van der Waals surface area (Å²) in [6.45, 7) is 0. The molecule has 0 radical (unpaired) electrons. The molecule has 46 valence electrons. The molecule has 1 fully saturated rings. The van der Waals surface area contributed by atoms with Gasteiger partial charge in [-0.05, 0) is 12.7 Å². The van der Waals surface area contributed by atoms with Gasteiger partial charge in [0, 0.05) is 18.3 Å². The van der Waals surface area contributed by atoms with E-state index in [0.29, 0.717) is 0 Å². The fraction of sp³-hybridized carbons (Fsp3) is 0.833. The van der Waals surface area contributed by atoms with Gasteiger partial charge < -0.3 is 5.11 Å². The number of ketones is 1. The second kappa shape index (κ2) is 2.27. The van der Waals surface area contributed by atoms with E-state index in [1.807, 2.05) is 0 Å². The Morgan fingerprint density at radius 3 is 2.62 bits per heavy atom. The van der Waals surface area contributed by atoms with Crippen LogP contribution in [-0.4, -0.2) is 17.0 Å². The smallest absolute Gasteiger partial charge is 0.133 e. The van der Waals surface area contributed by atoms with Crippen molar-refractivity contribution in [3.63, 3.8) is 0 Å². The van der Waals surface area contributed by atoms with Gasteiger partial charge in [0.15, 0.2) is 0 Å². The number of aliphatic hydroxyl groups is 1. The second-order valence-electron chi connectivity index (χ2n) is 1.70. The third kappa shape index (κ3) is 1.30. The topological polar surface area (TPSA) is 37.3 Å². The van der Waals surface area contributed by atoms with Crippen molar-refractivity contribution in [1.29, 1.82) is 0 Å². The first-order chi connectivity index (χ1) is 5.26. The SMILES string of the molecule is [2H]C1([2H])CC(=O)CC([2H])([2H])C1O. The van der Waals surface area contributed by atoms with E-state index in [1.54, 1.807) is 0 Å². The molecule has 0 aromatic carbocycles. The molecule has 2 nitrogen and oxygen atoms in total. The molecule has 0 bridgehead atoms. The average molecular weight is 118 g/mol. The molecule has 0 amide bonds. The van der Waals surface area contributed by atoms with Crippen LogP contribution in [0, 0.1) is 0 Å². The fourth-order valence-corrected chi connectivity index (χ4v) is 0.556. The average Bonchev–Trinajstić information content (AvgIpc) is 1.80. The summed E-state index contributed by atoms with van der Waals surface area (Å²) in [7, 11) is 0. The summed E-state index contributed by atoms with van der Waals surface area (Å²) < 4.78 is 28.7. The van der Waals surface area contributed by atoms with E-state index in [4.69, 9.17) is 5.48 Å². The van der Waals surface area contributed by atoms with Gasteiger partial charge >= 0.3 is 0 Å². The third-order valence-corrected chi connectivity index (χ3v) is 0.985. The van der Waals surface area contributed by atoms with Gasteiger partial charge in [-0.25, -0.2) is 0 Å². The van der Waals surface area contributed by atoms with Crippen LogP contribution in [0.1, 0.15) is 31.1 Å². The maximum atomic E-state index is 10.8. The lowest BCUT2D eigenvalue weighted by Crippen LogP contribution is -2.17. The van der Waals surface area contributed by atoms with Gasteiger partial charge in [0.25, 0.3) is 0 Å². The van der Waals surface area contributed by atoms with Gasteiger partial charge in [0.2, 0.25) is 0 Å². The lowest BCUT2D eigenvalue weighted by atomic mass is 9.97. The second-order valence-corrected chi connectivity index (χ2v) is 1.70. The predicted molar refractivity (Wildman–Crippen MR) is 29.5 cm³/mol. The van der Waals surface area contributed by atoms with Crippen molar-refractivity contribution in [2.24, 2.45) is 0 Å². The first kappa shape index (κ1) is 2.48. The van der Waals surface area contributed by atoms with E-state index in [1.165, 1.54) is 0 Å². The lowest BCUT2D eigenvalue weighted by molar-refractivity contribution is -0.122. The Bertz CT molecular complexity index is 194. The van der Waals surface area contributed by atoms with Crippen molar-refractivity contribution >= 4 is 5.78 Å². The molecule has 1 aliphatic carbocycles. The van der Waals surface area contributed by atoms with Crippen molar-refractivity contribution in [2.45, 2.75) is 31.7 Å². The molecule has 0 aromatic rings. The Balaban J connectivity index is 2.91. The van der Waals surface area contributed by atoms with Gasteiger partial charge in [-0.1, -0.05) is 0 Å². The summed E-state index contributed by atoms with van der Waals surface area (Å²) >= 11 is 0. The van der Waals surface area contributed by atoms with E-state index in [2.05, 4.69) is 0 Å². The van der Waals surface area contributed by atoms with Gasteiger partial charge in [-0.15, -0.1) is 0 Å². The highest BCUT2D eigenvalue weighted by atomic mass is 16.3. The number of carbonyl (C=O) groups is 1. The monoisotopic (exact) mass is 118 g/mol. The summed E-state index contributed by atoms with van der Waals surface area (Å²) in [5, 5.41) is 9.18. The molecule has 1 aliphatic rings. The molecular weight excluding hydrogens is 104 g/mol. The standard InChI is InChI=1S/C6H10O2/c7-5-1-2-6(8)4-3-5/h5,7H,1-4H2/i1D2,3D2. The Morgan fingerprint density at radius 2 is 2.12 bits per heavy atom. The van der Waals surface area contributed by atoms with E-state index in [-0.39, 0.29) is 0 Å². The van der Waals surface area contributed by atoms with Crippen molar-refractivity contribution < 1.29 is 15.4 Å². The number of Topliss-reactive ketones (excluding diaryl/α,β-unsaturated/α-hetero) is 1. The number of aliphatic hydroxyl groups excluding tert-OH is 1.